The second-order valence-corrected chi connectivity index (χ2v) is 7.76. The Balaban J connectivity index is 1.43. The Labute approximate surface area is 191 Å². The van der Waals surface area contributed by atoms with Gasteiger partial charge in [0.25, 0.3) is 5.91 Å². The minimum absolute atomic E-state index is 0.149. The Bertz CT molecular complexity index is 1130. The molecule has 1 aliphatic heterocycles. The molecule has 0 unspecified atom stereocenters. The van der Waals surface area contributed by atoms with E-state index in [1.54, 1.807) is 30.2 Å². The molecule has 1 amide bonds. The lowest BCUT2D eigenvalue weighted by atomic mass is 9.91. The Kier molecular flexibility index (Phi) is 6.53. The van der Waals surface area contributed by atoms with Gasteiger partial charge in [0.05, 0.1) is 32.3 Å². The number of nitrogen functional groups attached to an aromatic ring is 1. The van der Waals surface area contributed by atoms with Crippen molar-refractivity contribution >= 4 is 11.7 Å². The van der Waals surface area contributed by atoms with Crippen LogP contribution < -0.4 is 19.9 Å². The fraction of sp³-hybridized carbons (Fsp3) is 0.348. The molecule has 1 aliphatic rings. The molecule has 172 valence electrons. The summed E-state index contributed by atoms with van der Waals surface area (Å²) < 4.78 is 16.3. The van der Waals surface area contributed by atoms with Crippen molar-refractivity contribution in [1.29, 1.82) is 0 Å². The number of amides is 1. The van der Waals surface area contributed by atoms with Gasteiger partial charge >= 0.3 is 0 Å². The molecule has 3 aromatic rings. The minimum Gasteiger partial charge on any atom is -0.493 e. The highest BCUT2D eigenvalue weighted by Crippen LogP contribution is 2.33. The molecule has 1 saturated heterocycles. The zero-order valence-electron chi connectivity index (χ0n) is 18.8. The standard InChI is InChI=1S/C23H26N6O4/c1-14-10-20(24)27-28-22(14)15-6-8-29(9-7-15)23(30)17-11-18(31-2)19(13-25-17)33-16-4-5-21(32-3)26-12-16/h4-5,10-13,15H,6-9H2,1-3H3,(H2,24,27). The van der Waals surface area contributed by atoms with Crippen molar-refractivity contribution in [2.45, 2.75) is 25.7 Å². The largest absolute Gasteiger partial charge is 0.493 e. The van der Waals surface area contributed by atoms with Crippen molar-refractivity contribution in [2.75, 3.05) is 33.0 Å². The number of carbonyl (C=O) groups is 1. The Morgan fingerprint density at radius 2 is 1.82 bits per heavy atom. The van der Waals surface area contributed by atoms with Crippen LogP contribution in [0.5, 0.6) is 23.1 Å². The number of aromatic nitrogens is 4. The van der Waals surface area contributed by atoms with Crippen LogP contribution in [-0.4, -0.2) is 58.3 Å². The third-order valence-electron chi connectivity index (χ3n) is 5.63. The van der Waals surface area contributed by atoms with Gasteiger partial charge in [-0.15, -0.1) is 5.10 Å². The van der Waals surface area contributed by atoms with Gasteiger partial charge in [-0.3, -0.25) is 4.79 Å². The normalized spacial score (nSPS) is 14.1. The molecule has 33 heavy (non-hydrogen) atoms. The number of nitrogens with two attached hydrogens (primary N) is 1. The van der Waals surface area contributed by atoms with E-state index in [2.05, 4.69) is 20.2 Å². The molecule has 3 aromatic heterocycles. The lowest BCUT2D eigenvalue weighted by Gasteiger charge is -2.32. The van der Waals surface area contributed by atoms with E-state index >= 15 is 0 Å². The van der Waals surface area contributed by atoms with Crippen LogP contribution in [0.4, 0.5) is 5.82 Å². The molecule has 0 aromatic carbocycles. The van der Waals surface area contributed by atoms with Gasteiger partial charge in [-0.2, -0.15) is 5.10 Å². The van der Waals surface area contributed by atoms with Crippen molar-refractivity contribution in [3.8, 4) is 23.1 Å². The first-order valence-corrected chi connectivity index (χ1v) is 10.6. The molecule has 10 nitrogen and oxygen atoms in total. The molecular formula is C23H26N6O4. The van der Waals surface area contributed by atoms with Crippen LogP contribution in [0.2, 0.25) is 0 Å². The molecular weight excluding hydrogens is 424 g/mol. The summed E-state index contributed by atoms with van der Waals surface area (Å²) in [6.07, 6.45) is 4.62. The number of methoxy groups -OCH3 is 2. The average Bonchev–Trinajstić information content (AvgIpc) is 2.84. The maximum atomic E-state index is 13.1. The van der Waals surface area contributed by atoms with Crippen LogP contribution in [0.3, 0.4) is 0 Å². The first-order chi connectivity index (χ1) is 16.0. The lowest BCUT2D eigenvalue weighted by molar-refractivity contribution is 0.0705. The predicted molar refractivity (Wildman–Crippen MR) is 121 cm³/mol. The molecule has 4 heterocycles. The first-order valence-electron chi connectivity index (χ1n) is 10.6. The van der Waals surface area contributed by atoms with Crippen LogP contribution in [0, 0.1) is 6.92 Å². The summed E-state index contributed by atoms with van der Waals surface area (Å²) in [5.74, 6) is 2.29. The number of hydrogen-bond acceptors (Lipinski definition) is 9. The van der Waals surface area contributed by atoms with E-state index in [-0.39, 0.29) is 11.8 Å². The number of piperidine rings is 1. The van der Waals surface area contributed by atoms with Gasteiger partial charge in [-0.1, -0.05) is 0 Å². The van der Waals surface area contributed by atoms with Crippen LogP contribution in [0.15, 0.2) is 36.7 Å². The maximum Gasteiger partial charge on any atom is 0.272 e. The molecule has 10 heteroatoms. The van der Waals surface area contributed by atoms with Crippen LogP contribution in [-0.2, 0) is 0 Å². The quantitative estimate of drug-likeness (QED) is 0.603. The molecule has 2 N–H and O–H groups in total. The summed E-state index contributed by atoms with van der Waals surface area (Å²) in [5, 5.41) is 8.26. The zero-order valence-corrected chi connectivity index (χ0v) is 18.8. The average molecular weight is 450 g/mol. The smallest absolute Gasteiger partial charge is 0.272 e. The Morgan fingerprint density at radius 1 is 1.03 bits per heavy atom. The number of carbonyl (C=O) groups excluding carboxylic acids is 1. The predicted octanol–water partition coefficient (Wildman–Crippen LogP) is 2.99. The van der Waals surface area contributed by atoms with E-state index in [0.29, 0.717) is 47.7 Å². The molecule has 0 radical (unpaired) electrons. The van der Waals surface area contributed by atoms with Gasteiger partial charge in [0.1, 0.15) is 17.3 Å². The molecule has 0 saturated carbocycles. The van der Waals surface area contributed by atoms with E-state index < -0.39 is 0 Å². The highest BCUT2D eigenvalue weighted by Gasteiger charge is 2.27. The van der Waals surface area contributed by atoms with E-state index in [4.69, 9.17) is 19.9 Å². The summed E-state index contributed by atoms with van der Waals surface area (Å²) in [6, 6.07) is 6.84. The van der Waals surface area contributed by atoms with Gasteiger partial charge in [0.15, 0.2) is 11.5 Å². The SMILES string of the molecule is COc1ccc(Oc2cnc(C(=O)N3CCC(c4nnc(N)cc4C)CC3)cc2OC)cn1. The van der Waals surface area contributed by atoms with Crippen molar-refractivity contribution < 1.29 is 19.0 Å². The molecule has 0 spiro atoms. The van der Waals surface area contributed by atoms with Gasteiger partial charge < -0.3 is 24.8 Å². The molecule has 0 atom stereocenters. The molecule has 0 bridgehead atoms. The topological polar surface area (TPSA) is 126 Å². The second kappa shape index (κ2) is 9.68. The number of ether oxygens (including phenoxy) is 3. The Morgan fingerprint density at radius 3 is 2.45 bits per heavy atom. The highest BCUT2D eigenvalue weighted by molar-refractivity contribution is 5.93. The minimum atomic E-state index is -0.149. The van der Waals surface area contributed by atoms with Crippen LogP contribution >= 0.6 is 0 Å². The van der Waals surface area contributed by atoms with E-state index in [9.17, 15) is 4.79 Å². The van der Waals surface area contributed by atoms with E-state index in [1.165, 1.54) is 19.5 Å². The van der Waals surface area contributed by atoms with Crippen LogP contribution in [0.1, 0.15) is 40.5 Å². The van der Waals surface area contributed by atoms with Gasteiger partial charge in [-0.05, 0) is 37.5 Å². The fourth-order valence-electron chi connectivity index (χ4n) is 3.89. The number of anilines is 1. The molecule has 0 aliphatic carbocycles. The Hall–Kier alpha value is -3.95. The van der Waals surface area contributed by atoms with Crippen molar-refractivity contribution in [2.24, 2.45) is 0 Å². The molecule has 1 fully saturated rings. The fourth-order valence-corrected chi connectivity index (χ4v) is 3.89. The summed E-state index contributed by atoms with van der Waals surface area (Å²) in [5.41, 5.74) is 7.99. The van der Waals surface area contributed by atoms with Crippen LogP contribution in [0.25, 0.3) is 0 Å². The number of rotatable bonds is 6. The summed E-state index contributed by atoms with van der Waals surface area (Å²) in [4.78, 5) is 23.3. The van der Waals surface area contributed by atoms with Crippen molar-refractivity contribution in [1.82, 2.24) is 25.1 Å². The summed E-state index contributed by atoms with van der Waals surface area (Å²) in [7, 11) is 3.06. The number of pyridine rings is 2. The highest BCUT2D eigenvalue weighted by atomic mass is 16.5. The lowest BCUT2D eigenvalue weighted by Crippen LogP contribution is -2.38. The van der Waals surface area contributed by atoms with Gasteiger partial charge in [-0.25, -0.2) is 9.97 Å². The number of hydrogen-bond donors (Lipinski definition) is 1. The van der Waals surface area contributed by atoms with E-state index in [1.807, 2.05) is 13.0 Å². The summed E-state index contributed by atoms with van der Waals surface area (Å²) in [6.45, 7) is 3.20. The molecule has 4 rings (SSSR count). The maximum absolute atomic E-state index is 13.1. The number of aryl methyl sites for hydroxylation is 1. The zero-order chi connectivity index (χ0) is 23.4. The van der Waals surface area contributed by atoms with E-state index in [0.717, 1.165) is 24.1 Å². The first kappa shape index (κ1) is 22.3. The third kappa shape index (κ3) is 4.94. The van der Waals surface area contributed by atoms with Gasteiger partial charge in [0.2, 0.25) is 5.88 Å². The number of likely N-dealkylation sites (tertiary alicyclic amines) is 1. The van der Waals surface area contributed by atoms with Crippen molar-refractivity contribution in [3.05, 3.63) is 53.6 Å². The third-order valence-corrected chi connectivity index (χ3v) is 5.63. The second-order valence-electron chi connectivity index (χ2n) is 7.76. The van der Waals surface area contributed by atoms with Crippen molar-refractivity contribution in [3.63, 3.8) is 0 Å². The monoisotopic (exact) mass is 450 g/mol. The van der Waals surface area contributed by atoms with Gasteiger partial charge in [0, 0.05) is 31.1 Å². The summed E-state index contributed by atoms with van der Waals surface area (Å²) >= 11 is 0. The number of nitrogens with zero attached hydrogens (tertiary/aromatic N) is 5.